The number of halogens is 3. The largest absolute Gasteiger partial charge is 0.477 e. The van der Waals surface area contributed by atoms with Crippen molar-refractivity contribution >= 4 is 11.7 Å². The molecule has 0 aromatic carbocycles. The van der Waals surface area contributed by atoms with E-state index in [0.717, 1.165) is 0 Å². The van der Waals surface area contributed by atoms with E-state index in [9.17, 15) is 18.0 Å². The third-order valence-corrected chi connectivity index (χ3v) is 3.10. The number of piperazine rings is 1. The molecule has 5 nitrogen and oxygen atoms in total. The summed E-state index contributed by atoms with van der Waals surface area (Å²) in [7, 11) is 0. The molecule has 0 bridgehead atoms. The van der Waals surface area contributed by atoms with Crippen LogP contribution in [0.2, 0.25) is 0 Å². The highest BCUT2D eigenvalue weighted by molar-refractivity contribution is 5.86. The van der Waals surface area contributed by atoms with Crippen molar-refractivity contribution in [1.29, 1.82) is 0 Å². The van der Waals surface area contributed by atoms with Crippen molar-refractivity contribution in [2.24, 2.45) is 0 Å². The van der Waals surface area contributed by atoms with E-state index in [1.54, 1.807) is 6.07 Å². The summed E-state index contributed by atoms with van der Waals surface area (Å²) in [6, 6.07) is 3.09. The van der Waals surface area contributed by atoms with Crippen LogP contribution >= 0.6 is 0 Å². The molecule has 1 aromatic rings. The summed E-state index contributed by atoms with van der Waals surface area (Å²) >= 11 is 0. The van der Waals surface area contributed by atoms with Gasteiger partial charge in [0, 0.05) is 38.1 Å². The molecule has 2 rings (SSSR count). The number of nitrogens with zero attached hydrogens (tertiary/aromatic N) is 3. The SMILES string of the molecule is O=C(O)c1cc(N2CCN(CC(F)(F)F)CC2)ccn1. The van der Waals surface area contributed by atoms with Crippen LogP contribution in [0, 0.1) is 0 Å². The maximum Gasteiger partial charge on any atom is 0.401 e. The van der Waals surface area contributed by atoms with Crippen LogP contribution in [0.3, 0.4) is 0 Å². The molecule has 2 heterocycles. The Bertz CT molecular complexity index is 485. The van der Waals surface area contributed by atoms with Gasteiger partial charge in [-0.1, -0.05) is 0 Å². The summed E-state index contributed by atoms with van der Waals surface area (Å²) in [5.74, 6) is -1.12. The minimum absolute atomic E-state index is 0.0692. The number of aromatic carboxylic acids is 1. The van der Waals surface area contributed by atoms with E-state index in [-0.39, 0.29) is 5.69 Å². The first-order valence-electron chi connectivity index (χ1n) is 6.08. The second-order valence-corrected chi connectivity index (χ2v) is 4.58. The molecule has 110 valence electrons. The predicted octanol–water partition coefficient (Wildman–Crippen LogP) is 1.46. The Labute approximate surface area is 113 Å². The number of carboxylic acid groups (broad SMARTS) is 1. The monoisotopic (exact) mass is 289 g/mol. The van der Waals surface area contributed by atoms with E-state index in [0.29, 0.717) is 31.9 Å². The van der Waals surface area contributed by atoms with Crippen LogP contribution in [-0.4, -0.2) is 59.9 Å². The van der Waals surface area contributed by atoms with E-state index < -0.39 is 18.7 Å². The Morgan fingerprint density at radius 1 is 1.30 bits per heavy atom. The van der Waals surface area contributed by atoms with Crippen molar-refractivity contribution in [3.8, 4) is 0 Å². The second-order valence-electron chi connectivity index (χ2n) is 4.58. The van der Waals surface area contributed by atoms with Crippen LogP contribution in [0.4, 0.5) is 18.9 Å². The molecule has 0 saturated carbocycles. The van der Waals surface area contributed by atoms with Gasteiger partial charge in [-0.2, -0.15) is 13.2 Å². The highest BCUT2D eigenvalue weighted by Crippen LogP contribution is 2.20. The molecular weight excluding hydrogens is 275 g/mol. The van der Waals surface area contributed by atoms with Gasteiger partial charge in [0.15, 0.2) is 0 Å². The van der Waals surface area contributed by atoms with Crippen molar-refractivity contribution in [2.45, 2.75) is 6.18 Å². The third-order valence-electron chi connectivity index (χ3n) is 3.10. The zero-order valence-electron chi connectivity index (χ0n) is 10.6. The molecule has 1 aliphatic rings. The van der Waals surface area contributed by atoms with Crippen LogP contribution in [0.15, 0.2) is 18.3 Å². The van der Waals surface area contributed by atoms with Gasteiger partial charge in [0.1, 0.15) is 5.69 Å². The number of carboxylic acids is 1. The van der Waals surface area contributed by atoms with Crippen LogP contribution in [-0.2, 0) is 0 Å². The summed E-state index contributed by atoms with van der Waals surface area (Å²) < 4.78 is 36.8. The van der Waals surface area contributed by atoms with Crippen molar-refractivity contribution in [1.82, 2.24) is 9.88 Å². The van der Waals surface area contributed by atoms with Gasteiger partial charge in [0.2, 0.25) is 0 Å². The second kappa shape index (κ2) is 5.66. The van der Waals surface area contributed by atoms with E-state index in [1.165, 1.54) is 17.2 Å². The molecule has 1 fully saturated rings. The number of aromatic nitrogens is 1. The van der Waals surface area contributed by atoms with Crippen molar-refractivity contribution in [3.63, 3.8) is 0 Å². The average Bonchev–Trinajstić information content (AvgIpc) is 2.38. The number of alkyl halides is 3. The molecule has 1 aliphatic heterocycles. The Morgan fingerprint density at radius 2 is 1.95 bits per heavy atom. The van der Waals surface area contributed by atoms with Gasteiger partial charge < -0.3 is 10.0 Å². The molecule has 1 N–H and O–H groups in total. The smallest absolute Gasteiger partial charge is 0.401 e. The number of hydrogen-bond donors (Lipinski definition) is 1. The summed E-state index contributed by atoms with van der Waals surface area (Å²) in [5.41, 5.74) is 0.601. The third kappa shape index (κ3) is 3.83. The molecule has 20 heavy (non-hydrogen) atoms. The van der Waals surface area contributed by atoms with Gasteiger partial charge in [-0.3, -0.25) is 4.90 Å². The standard InChI is InChI=1S/C12H14F3N3O2/c13-12(14,15)8-17-3-5-18(6-4-17)9-1-2-16-10(7-9)11(19)20/h1-2,7H,3-6,8H2,(H,19,20). The van der Waals surface area contributed by atoms with E-state index >= 15 is 0 Å². The van der Waals surface area contributed by atoms with Gasteiger partial charge >= 0.3 is 12.1 Å². The number of hydrogen-bond acceptors (Lipinski definition) is 4. The van der Waals surface area contributed by atoms with Crippen molar-refractivity contribution in [2.75, 3.05) is 37.6 Å². The van der Waals surface area contributed by atoms with Gasteiger partial charge in [-0.15, -0.1) is 0 Å². The fraction of sp³-hybridized carbons (Fsp3) is 0.500. The summed E-state index contributed by atoms with van der Waals surface area (Å²) in [6.07, 6.45) is -2.80. The molecule has 1 saturated heterocycles. The number of carbonyl (C=O) groups is 1. The summed E-state index contributed by atoms with van der Waals surface area (Å²) in [5, 5.41) is 8.86. The first kappa shape index (κ1) is 14.6. The molecule has 0 aliphatic carbocycles. The topological polar surface area (TPSA) is 56.7 Å². The average molecular weight is 289 g/mol. The maximum atomic E-state index is 12.3. The quantitative estimate of drug-likeness (QED) is 0.913. The van der Waals surface area contributed by atoms with Gasteiger partial charge in [0.05, 0.1) is 6.54 Å². The van der Waals surface area contributed by atoms with E-state index in [2.05, 4.69) is 4.98 Å². The minimum Gasteiger partial charge on any atom is -0.477 e. The Hall–Kier alpha value is -1.83. The normalized spacial score (nSPS) is 17.2. The Kier molecular flexibility index (Phi) is 4.12. The first-order valence-corrected chi connectivity index (χ1v) is 6.08. The van der Waals surface area contributed by atoms with Gasteiger partial charge in [0.25, 0.3) is 0 Å². The fourth-order valence-electron chi connectivity index (χ4n) is 2.15. The lowest BCUT2D eigenvalue weighted by Crippen LogP contribution is -2.49. The molecule has 1 aromatic heterocycles. The molecular formula is C12H14F3N3O2. The summed E-state index contributed by atoms with van der Waals surface area (Å²) in [4.78, 5) is 17.7. The lowest BCUT2D eigenvalue weighted by atomic mass is 10.2. The highest BCUT2D eigenvalue weighted by Gasteiger charge is 2.32. The van der Waals surface area contributed by atoms with Crippen LogP contribution < -0.4 is 4.90 Å². The lowest BCUT2D eigenvalue weighted by molar-refractivity contribution is -0.146. The molecule has 0 radical (unpaired) electrons. The maximum absolute atomic E-state index is 12.3. The summed E-state index contributed by atoms with van der Waals surface area (Å²) in [6.45, 7) is 0.546. The molecule has 8 heteroatoms. The first-order chi connectivity index (χ1) is 9.35. The molecule has 0 amide bonds. The van der Waals surface area contributed by atoms with Crippen LogP contribution in [0.25, 0.3) is 0 Å². The zero-order chi connectivity index (χ0) is 14.8. The van der Waals surface area contributed by atoms with Crippen LogP contribution in [0.5, 0.6) is 0 Å². The highest BCUT2D eigenvalue weighted by atomic mass is 19.4. The minimum atomic E-state index is -4.19. The predicted molar refractivity (Wildman–Crippen MR) is 65.9 cm³/mol. The molecule has 0 atom stereocenters. The molecule has 0 spiro atoms. The van der Waals surface area contributed by atoms with Gasteiger partial charge in [-0.25, -0.2) is 9.78 Å². The fourth-order valence-corrected chi connectivity index (χ4v) is 2.15. The van der Waals surface area contributed by atoms with Gasteiger partial charge in [-0.05, 0) is 12.1 Å². The number of anilines is 1. The zero-order valence-corrected chi connectivity index (χ0v) is 10.6. The van der Waals surface area contributed by atoms with E-state index in [4.69, 9.17) is 5.11 Å². The number of pyridine rings is 1. The number of rotatable bonds is 3. The van der Waals surface area contributed by atoms with Crippen molar-refractivity contribution in [3.05, 3.63) is 24.0 Å². The van der Waals surface area contributed by atoms with Crippen LogP contribution in [0.1, 0.15) is 10.5 Å². The Morgan fingerprint density at radius 3 is 2.50 bits per heavy atom. The molecule has 0 unspecified atom stereocenters. The van der Waals surface area contributed by atoms with E-state index in [1.807, 2.05) is 4.90 Å². The lowest BCUT2D eigenvalue weighted by Gasteiger charge is -2.36. The van der Waals surface area contributed by atoms with Crippen molar-refractivity contribution < 1.29 is 23.1 Å². The Balaban J connectivity index is 1.97.